The van der Waals surface area contributed by atoms with Crippen LogP contribution in [0.3, 0.4) is 0 Å². The van der Waals surface area contributed by atoms with Crippen molar-refractivity contribution in [2.75, 3.05) is 13.1 Å². The molecule has 1 aliphatic heterocycles. The van der Waals surface area contributed by atoms with Crippen LogP contribution in [0.2, 0.25) is 0 Å². The summed E-state index contributed by atoms with van der Waals surface area (Å²) < 4.78 is 0. The van der Waals surface area contributed by atoms with Crippen molar-refractivity contribution in [1.82, 2.24) is 4.90 Å². The Labute approximate surface area is 63.7 Å². The van der Waals surface area contributed by atoms with E-state index in [0.717, 1.165) is 0 Å². The molecule has 0 aliphatic carbocycles. The van der Waals surface area contributed by atoms with Crippen LogP contribution in [0.5, 0.6) is 0 Å². The maximum Gasteiger partial charge on any atom is 0.0199 e. The molecular weight excluding hydrogens is 122 g/mol. The first-order chi connectivity index (χ1) is 4.61. The summed E-state index contributed by atoms with van der Waals surface area (Å²) in [6.45, 7) is 11.3. The number of hydrogen-bond acceptors (Lipinski definition) is 1. The van der Waals surface area contributed by atoms with Crippen LogP contribution in [0.15, 0.2) is 11.1 Å². The number of hydrogen-bond donors (Lipinski definition) is 0. The highest BCUT2D eigenvalue weighted by Crippen LogP contribution is 2.17. The van der Waals surface area contributed by atoms with Gasteiger partial charge in [-0.1, -0.05) is 11.1 Å². The quantitative estimate of drug-likeness (QED) is 0.502. The smallest absolute Gasteiger partial charge is 0.0199 e. The molecule has 10 heavy (non-hydrogen) atoms. The van der Waals surface area contributed by atoms with Crippen LogP contribution in [0.25, 0.3) is 0 Å². The summed E-state index contributed by atoms with van der Waals surface area (Å²) in [5, 5.41) is 0. The predicted molar refractivity (Wildman–Crippen MR) is 45.1 cm³/mol. The molecule has 0 amide bonds. The summed E-state index contributed by atoms with van der Waals surface area (Å²) in [5.74, 6) is 0. The zero-order chi connectivity index (χ0) is 7.72. The molecular formula is C9H17N. The van der Waals surface area contributed by atoms with Crippen molar-refractivity contribution in [3.63, 3.8) is 0 Å². The summed E-state index contributed by atoms with van der Waals surface area (Å²) in [4.78, 5) is 2.49. The Morgan fingerprint density at radius 3 is 1.70 bits per heavy atom. The molecule has 0 radical (unpaired) electrons. The average molecular weight is 139 g/mol. The van der Waals surface area contributed by atoms with E-state index in [1.165, 1.54) is 13.1 Å². The van der Waals surface area contributed by atoms with Gasteiger partial charge in [0.25, 0.3) is 0 Å². The molecule has 0 unspecified atom stereocenters. The second-order valence-electron chi connectivity index (χ2n) is 3.56. The highest BCUT2D eigenvalue weighted by atomic mass is 15.2. The summed E-state index contributed by atoms with van der Waals surface area (Å²) in [7, 11) is 0. The van der Waals surface area contributed by atoms with E-state index in [2.05, 4.69) is 32.6 Å². The maximum atomic E-state index is 2.49. The van der Waals surface area contributed by atoms with Crippen LogP contribution in [-0.4, -0.2) is 24.0 Å². The predicted octanol–water partition coefficient (Wildman–Crippen LogP) is 2.05. The van der Waals surface area contributed by atoms with Gasteiger partial charge in [-0.15, -0.1) is 0 Å². The van der Waals surface area contributed by atoms with Crippen LogP contribution in [0, 0.1) is 0 Å². The summed E-state index contributed by atoms with van der Waals surface area (Å²) in [6.07, 6.45) is 0. The molecule has 0 atom stereocenters. The maximum absolute atomic E-state index is 2.49. The van der Waals surface area contributed by atoms with Gasteiger partial charge in [0.05, 0.1) is 0 Å². The Morgan fingerprint density at radius 2 is 1.50 bits per heavy atom. The third-order valence-corrected chi connectivity index (χ3v) is 2.34. The minimum absolute atomic E-state index is 0.701. The summed E-state index contributed by atoms with van der Waals surface area (Å²) in [6, 6.07) is 0.701. The summed E-state index contributed by atoms with van der Waals surface area (Å²) in [5.41, 5.74) is 3.13. The molecule has 1 heteroatoms. The van der Waals surface area contributed by atoms with Crippen LogP contribution in [-0.2, 0) is 0 Å². The van der Waals surface area contributed by atoms with E-state index in [0.29, 0.717) is 6.04 Å². The van der Waals surface area contributed by atoms with Crippen molar-refractivity contribution in [3.05, 3.63) is 11.1 Å². The fourth-order valence-corrected chi connectivity index (χ4v) is 1.30. The molecule has 0 aromatic heterocycles. The Bertz CT molecular complexity index is 142. The van der Waals surface area contributed by atoms with Gasteiger partial charge >= 0.3 is 0 Å². The largest absolute Gasteiger partial charge is 0.293 e. The highest BCUT2D eigenvalue weighted by Gasteiger charge is 2.17. The van der Waals surface area contributed by atoms with Crippen molar-refractivity contribution in [2.24, 2.45) is 0 Å². The first-order valence-electron chi connectivity index (χ1n) is 4.00. The summed E-state index contributed by atoms with van der Waals surface area (Å²) >= 11 is 0. The van der Waals surface area contributed by atoms with Gasteiger partial charge in [-0.05, 0) is 27.7 Å². The van der Waals surface area contributed by atoms with Gasteiger partial charge < -0.3 is 0 Å². The van der Waals surface area contributed by atoms with Crippen LogP contribution >= 0.6 is 0 Å². The lowest BCUT2D eigenvalue weighted by molar-refractivity contribution is 0.281. The second kappa shape index (κ2) is 2.75. The van der Waals surface area contributed by atoms with Crippen molar-refractivity contribution in [2.45, 2.75) is 33.7 Å². The SMILES string of the molecule is CC1=C(C)CN(C(C)C)C1. The van der Waals surface area contributed by atoms with Crippen molar-refractivity contribution in [3.8, 4) is 0 Å². The molecule has 58 valence electrons. The average Bonchev–Trinajstić information content (AvgIpc) is 2.13. The van der Waals surface area contributed by atoms with Crippen molar-refractivity contribution in [1.29, 1.82) is 0 Å². The molecule has 0 saturated heterocycles. The molecule has 1 heterocycles. The molecule has 0 N–H and O–H groups in total. The molecule has 0 saturated carbocycles. The van der Waals surface area contributed by atoms with Gasteiger partial charge in [0, 0.05) is 19.1 Å². The van der Waals surface area contributed by atoms with Gasteiger partial charge in [0.2, 0.25) is 0 Å². The van der Waals surface area contributed by atoms with Gasteiger partial charge in [0.1, 0.15) is 0 Å². The first kappa shape index (κ1) is 7.80. The Balaban J connectivity index is 2.51. The fraction of sp³-hybridized carbons (Fsp3) is 0.778. The molecule has 0 bridgehead atoms. The van der Waals surface area contributed by atoms with Gasteiger partial charge in [-0.25, -0.2) is 0 Å². The van der Waals surface area contributed by atoms with Crippen LogP contribution in [0.1, 0.15) is 27.7 Å². The molecule has 1 nitrogen and oxygen atoms in total. The monoisotopic (exact) mass is 139 g/mol. The number of nitrogens with zero attached hydrogens (tertiary/aromatic N) is 1. The molecule has 1 aliphatic rings. The molecule has 0 aromatic carbocycles. The normalized spacial score (nSPS) is 21.3. The van der Waals surface area contributed by atoms with Gasteiger partial charge in [-0.2, -0.15) is 0 Å². The third-order valence-electron chi connectivity index (χ3n) is 2.34. The minimum atomic E-state index is 0.701. The fourth-order valence-electron chi connectivity index (χ4n) is 1.30. The van der Waals surface area contributed by atoms with E-state index in [1.54, 1.807) is 11.1 Å². The lowest BCUT2D eigenvalue weighted by Gasteiger charge is -2.19. The Kier molecular flexibility index (Phi) is 2.14. The number of rotatable bonds is 1. The zero-order valence-electron chi connectivity index (χ0n) is 7.44. The zero-order valence-corrected chi connectivity index (χ0v) is 7.44. The van der Waals surface area contributed by atoms with E-state index in [9.17, 15) is 0 Å². The van der Waals surface area contributed by atoms with Crippen molar-refractivity contribution < 1.29 is 0 Å². The van der Waals surface area contributed by atoms with E-state index >= 15 is 0 Å². The Morgan fingerprint density at radius 1 is 1.10 bits per heavy atom. The second-order valence-corrected chi connectivity index (χ2v) is 3.56. The standard InChI is InChI=1S/C9H17N/c1-7(2)10-5-8(3)9(4)6-10/h7H,5-6H2,1-4H3. The van der Waals surface area contributed by atoms with E-state index in [-0.39, 0.29) is 0 Å². The minimum Gasteiger partial charge on any atom is -0.293 e. The third kappa shape index (κ3) is 1.40. The van der Waals surface area contributed by atoms with E-state index in [4.69, 9.17) is 0 Å². The first-order valence-corrected chi connectivity index (χ1v) is 4.00. The lowest BCUT2D eigenvalue weighted by atomic mass is 10.2. The van der Waals surface area contributed by atoms with Crippen molar-refractivity contribution >= 4 is 0 Å². The van der Waals surface area contributed by atoms with Crippen LogP contribution < -0.4 is 0 Å². The topological polar surface area (TPSA) is 3.24 Å². The molecule has 0 spiro atoms. The Hall–Kier alpha value is -0.300. The van der Waals surface area contributed by atoms with Crippen LogP contribution in [0.4, 0.5) is 0 Å². The lowest BCUT2D eigenvalue weighted by Crippen LogP contribution is -2.28. The van der Waals surface area contributed by atoms with Gasteiger partial charge in [0.15, 0.2) is 0 Å². The molecule has 1 rings (SSSR count). The molecule has 0 aromatic rings. The van der Waals surface area contributed by atoms with Gasteiger partial charge in [-0.3, -0.25) is 4.90 Å². The highest BCUT2D eigenvalue weighted by molar-refractivity contribution is 5.18. The van der Waals surface area contributed by atoms with E-state index in [1.807, 2.05) is 0 Å². The van der Waals surface area contributed by atoms with E-state index < -0.39 is 0 Å². The molecule has 0 fully saturated rings.